The number of carbonyl (C=O) groups is 2. The Balaban J connectivity index is 1.80. The molecular formula is C16H20N2O3S. The number of hydrogen-bond acceptors (Lipinski definition) is 4. The van der Waals surface area contributed by atoms with Gasteiger partial charge in [-0.25, -0.2) is 0 Å². The van der Waals surface area contributed by atoms with Gasteiger partial charge >= 0.3 is 0 Å². The third-order valence-electron chi connectivity index (χ3n) is 3.13. The zero-order valence-corrected chi connectivity index (χ0v) is 13.4. The largest absolute Gasteiger partial charge is 0.459 e. The van der Waals surface area contributed by atoms with Gasteiger partial charge in [0.05, 0.1) is 16.1 Å². The van der Waals surface area contributed by atoms with Crippen LogP contribution in [0.1, 0.15) is 52.8 Å². The monoisotopic (exact) mass is 320 g/mol. The molecule has 6 heteroatoms. The Morgan fingerprint density at radius 2 is 2.00 bits per heavy atom. The summed E-state index contributed by atoms with van der Waals surface area (Å²) in [6.45, 7) is 2.84. The zero-order valence-electron chi connectivity index (χ0n) is 12.6. The van der Waals surface area contributed by atoms with E-state index in [2.05, 4.69) is 17.6 Å². The first-order valence-electron chi connectivity index (χ1n) is 7.43. The fourth-order valence-electron chi connectivity index (χ4n) is 1.95. The van der Waals surface area contributed by atoms with E-state index in [9.17, 15) is 9.59 Å². The van der Waals surface area contributed by atoms with Crippen LogP contribution in [0.15, 0.2) is 34.9 Å². The third kappa shape index (κ3) is 4.73. The maximum absolute atomic E-state index is 12.0. The van der Waals surface area contributed by atoms with Crippen LogP contribution in [-0.2, 0) is 0 Å². The minimum atomic E-state index is -0.321. The van der Waals surface area contributed by atoms with Gasteiger partial charge in [-0.3, -0.25) is 9.59 Å². The molecule has 0 saturated carbocycles. The quantitative estimate of drug-likeness (QED) is 0.725. The Morgan fingerprint density at radius 3 is 2.73 bits per heavy atom. The van der Waals surface area contributed by atoms with Crippen LogP contribution in [0, 0.1) is 0 Å². The zero-order chi connectivity index (χ0) is 15.8. The van der Waals surface area contributed by atoms with Crippen molar-refractivity contribution in [3.05, 3.63) is 41.2 Å². The van der Waals surface area contributed by atoms with Crippen molar-refractivity contribution < 1.29 is 14.0 Å². The van der Waals surface area contributed by atoms with E-state index in [0.29, 0.717) is 16.4 Å². The van der Waals surface area contributed by atoms with Gasteiger partial charge in [0.25, 0.3) is 11.8 Å². The van der Waals surface area contributed by atoms with Gasteiger partial charge < -0.3 is 15.1 Å². The average Bonchev–Trinajstić information content (AvgIpc) is 3.18. The van der Waals surface area contributed by atoms with Gasteiger partial charge in [-0.2, -0.15) is 0 Å². The number of furan rings is 1. The van der Waals surface area contributed by atoms with Crippen molar-refractivity contribution in [1.82, 2.24) is 5.32 Å². The fourth-order valence-corrected chi connectivity index (χ4v) is 2.77. The molecule has 0 bridgehead atoms. The van der Waals surface area contributed by atoms with Gasteiger partial charge in [0.1, 0.15) is 0 Å². The fraction of sp³-hybridized carbons (Fsp3) is 0.375. The minimum Gasteiger partial charge on any atom is -0.459 e. The summed E-state index contributed by atoms with van der Waals surface area (Å²) >= 11 is 1.25. The molecule has 0 aliphatic rings. The van der Waals surface area contributed by atoms with Crippen LogP contribution in [0.25, 0.3) is 0 Å². The number of rotatable bonds is 8. The molecular weight excluding hydrogens is 300 g/mol. The molecule has 0 unspecified atom stereocenters. The molecule has 5 nitrogen and oxygen atoms in total. The van der Waals surface area contributed by atoms with E-state index in [1.165, 1.54) is 30.4 Å². The van der Waals surface area contributed by atoms with Crippen molar-refractivity contribution >= 4 is 28.2 Å². The van der Waals surface area contributed by atoms with Gasteiger partial charge in [0, 0.05) is 6.54 Å². The standard InChI is InChI=1S/C16H20N2O3S/c1-2-3-4-5-10-17-16(20)13-8-9-14(22-13)18-15(19)12-7-6-11-21-12/h6-9,11H,2-5,10H2,1H3,(H,17,20)(H,18,19). The highest BCUT2D eigenvalue weighted by atomic mass is 32.1. The molecule has 0 radical (unpaired) electrons. The van der Waals surface area contributed by atoms with Crippen molar-refractivity contribution in [3.8, 4) is 0 Å². The smallest absolute Gasteiger partial charge is 0.291 e. The second-order valence-electron chi connectivity index (χ2n) is 4.91. The number of carbonyl (C=O) groups excluding carboxylic acids is 2. The van der Waals surface area contributed by atoms with E-state index in [1.807, 2.05) is 0 Å². The van der Waals surface area contributed by atoms with Crippen LogP contribution in [-0.4, -0.2) is 18.4 Å². The maximum Gasteiger partial charge on any atom is 0.291 e. The number of nitrogens with one attached hydrogen (secondary N) is 2. The Labute approximate surface area is 133 Å². The molecule has 0 spiro atoms. The molecule has 2 aromatic heterocycles. The summed E-state index contributed by atoms with van der Waals surface area (Å²) in [5, 5.41) is 6.22. The molecule has 2 N–H and O–H groups in total. The first-order valence-corrected chi connectivity index (χ1v) is 8.25. The molecule has 22 heavy (non-hydrogen) atoms. The summed E-state index contributed by atoms with van der Waals surface area (Å²) in [7, 11) is 0. The van der Waals surface area contributed by atoms with E-state index in [-0.39, 0.29) is 17.6 Å². The first kappa shape index (κ1) is 16.3. The summed E-state index contributed by atoms with van der Waals surface area (Å²) in [4.78, 5) is 24.4. The molecule has 118 valence electrons. The van der Waals surface area contributed by atoms with E-state index >= 15 is 0 Å². The summed E-state index contributed by atoms with van der Waals surface area (Å²) in [6.07, 6.45) is 5.94. The molecule has 2 aromatic rings. The number of hydrogen-bond donors (Lipinski definition) is 2. The number of unbranched alkanes of at least 4 members (excludes halogenated alkanes) is 3. The van der Waals surface area contributed by atoms with Gasteiger partial charge in [0.2, 0.25) is 0 Å². The van der Waals surface area contributed by atoms with Crippen molar-refractivity contribution in [1.29, 1.82) is 0 Å². The van der Waals surface area contributed by atoms with Crippen molar-refractivity contribution in [2.24, 2.45) is 0 Å². The lowest BCUT2D eigenvalue weighted by molar-refractivity contribution is 0.0955. The van der Waals surface area contributed by atoms with Crippen molar-refractivity contribution in [3.63, 3.8) is 0 Å². The molecule has 0 aliphatic heterocycles. The molecule has 0 aromatic carbocycles. The predicted molar refractivity (Wildman–Crippen MR) is 87.5 cm³/mol. The van der Waals surface area contributed by atoms with Crippen molar-refractivity contribution in [2.45, 2.75) is 32.6 Å². The lowest BCUT2D eigenvalue weighted by atomic mass is 10.2. The van der Waals surface area contributed by atoms with E-state index in [4.69, 9.17) is 4.42 Å². The Hall–Kier alpha value is -2.08. The molecule has 2 heterocycles. The summed E-state index contributed by atoms with van der Waals surface area (Å²) < 4.78 is 5.02. The lowest BCUT2D eigenvalue weighted by Gasteiger charge is -2.03. The lowest BCUT2D eigenvalue weighted by Crippen LogP contribution is -2.23. The highest BCUT2D eigenvalue weighted by Gasteiger charge is 2.12. The van der Waals surface area contributed by atoms with Gasteiger partial charge in [-0.1, -0.05) is 26.2 Å². The predicted octanol–water partition coefficient (Wildman–Crippen LogP) is 3.90. The molecule has 0 saturated heterocycles. The highest BCUT2D eigenvalue weighted by Crippen LogP contribution is 2.22. The molecule has 2 amide bonds. The summed E-state index contributed by atoms with van der Waals surface area (Å²) in [5.74, 6) is -0.173. The first-order chi connectivity index (χ1) is 10.7. The van der Waals surface area contributed by atoms with Gasteiger partial charge in [0.15, 0.2) is 5.76 Å². The summed E-state index contributed by atoms with van der Waals surface area (Å²) in [6, 6.07) is 6.68. The van der Waals surface area contributed by atoms with Crippen LogP contribution in [0.5, 0.6) is 0 Å². The second-order valence-corrected chi connectivity index (χ2v) is 6.00. The summed E-state index contributed by atoms with van der Waals surface area (Å²) in [5.41, 5.74) is 0. The van der Waals surface area contributed by atoms with Crippen LogP contribution < -0.4 is 10.6 Å². The highest BCUT2D eigenvalue weighted by molar-refractivity contribution is 7.18. The van der Waals surface area contributed by atoms with Crippen LogP contribution in [0.3, 0.4) is 0 Å². The SMILES string of the molecule is CCCCCCNC(=O)c1ccc(NC(=O)c2ccco2)s1. The number of thiophene rings is 1. The molecule has 0 atom stereocenters. The van der Waals surface area contributed by atoms with Gasteiger partial charge in [-0.05, 0) is 30.7 Å². The van der Waals surface area contributed by atoms with Crippen LogP contribution >= 0.6 is 11.3 Å². The van der Waals surface area contributed by atoms with E-state index in [1.54, 1.807) is 24.3 Å². The Morgan fingerprint density at radius 1 is 1.14 bits per heavy atom. The normalized spacial score (nSPS) is 10.4. The van der Waals surface area contributed by atoms with Crippen LogP contribution in [0.4, 0.5) is 5.00 Å². The Bertz CT molecular complexity index is 605. The third-order valence-corrected chi connectivity index (χ3v) is 4.13. The molecule has 2 rings (SSSR count). The molecule has 0 fully saturated rings. The number of anilines is 1. The Kier molecular flexibility index (Phi) is 6.21. The topological polar surface area (TPSA) is 71.3 Å². The minimum absolute atomic E-state index is 0.0972. The second kappa shape index (κ2) is 8.38. The maximum atomic E-state index is 12.0. The number of amides is 2. The average molecular weight is 320 g/mol. The van der Waals surface area contributed by atoms with Crippen molar-refractivity contribution in [2.75, 3.05) is 11.9 Å². The van der Waals surface area contributed by atoms with Crippen LogP contribution in [0.2, 0.25) is 0 Å². The van der Waals surface area contributed by atoms with Gasteiger partial charge in [-0.15, -0.1) is 11.3 Å². The van der Waals surface area contributed by atoms with E-state index in [0.717, 1.165) is 12.8 Å². The van der Waals surface area contributed by atoms with E-state index < -0.39 is 0 Å². The molecule has 0 aliphatic carbocycles.